The molecule has 2 fully saturated rings. The van der Waals surface area contributed by atoms with Crippen molar-refractivity contribution in [3.8, 4) is 11.5 Å². The van der Waals surface area contributed by atoms with Gasteiger partial charge in [0, 0.05) is 43.4 Å². The topological polar surface area (TPSA) is 88.5 Å². The summed E-state index contributed by atoms with van der Waals surface area (Å²) in [4.78, 5) is 30.2. The van der Waals surface area contributed by atoms with E-state index in [0.29, 0.717) is 48.8 Å². The molecule has 0 saturated carbocycles. The van der Waals surface area contributed by atoms with Gasteiger partial charge in [-0.05, 0) is 18.6 Å². The number of methoxy groups -OCH3 is 2. The third kappa shape index (κ3) is 4.78. The average molecular weight is 467 g/mol. The molecule has 2 aromatic rings. The number of amides is 1. The fraction of sp³-hybridized carbons (Fsp3) is 0.385. The zero-order valence-corrected chi connectivity index (χ0v) is 19.5. The summed E-state index contributed by atoms with van der Waals surface area (Å²) >= 11 is 0. The number of Topliss-reactive ketones (excluding diaryl/α,β-unsaturated/α-hetero) is 1. The standard InChI is InChI=1S/C26H30N2O6/c1-32-19-9-10-20(21(17-19)33-2)23-22(24(29)18-7-4-3-5-8-18)25(30)26(31)28(23)12-6-11-27-13-15-34-16-14-27/h3-5,7-10,17,23,29H,6,11-16H2,1-2H3/t23-/m0/s1. The van der Waals surface area contributed by atoms with Crippen molar-refractivity contribution in [2.45, 2.75) is 12.5 Å². The molecule has 2 aromatic carbocycles. The first kappa shape index (κ1) is 23.8. The maximum atomic E-state index is 13.2. The number of carbonyl (C=O) groups excluding carboxylic acids is 2. The lowest BCUT2D eigenvalue weighted by molar-refractivity contribution is -0.140. The smallest absolute Gasteiger partial charge is 0.295 e. The number of nitrogens with zero attached hydrogens (tertiary/aromatic N) is 2. The number of rotatable bonds is 8. The quantitative estimate of drug-likeness (QED) is 0.364. The summed E-state index contributed by atoms with van der Waals surface area (Å²) in [6.45, 7) is 4.26. The summed E-state index contributed by atoms with van der Waals surface area (Å²) in [6.07, 6.45) is 0.688. The molecule has 2 aliphatic heterocycles. The van der Waals surface area contributed by atoms with E-state index in [1.165, 1.54) is 7.11 Å². The van der Waals surface area contributed by atoms with Gasteiger partial charge in [0.1, 0.15) is 17.3 Å². The second-order valence-electron chi connectivity index (χ2n) is 8.27. The molecule has 1 N–H and O–H groups in total. The number of morpholine rings is 1. The van der Waals surface area contributed by atoms with E-state index in [1.54, 1.807) is 54.5 Å². The Balaban J connectivity index is 1.72. The van der Waals surface area contributed by atoms with Gasteiger partial charge in [0.25, 0.3) is 11.7 Å². The van der Waals surface area contributed by atoms with Gasteiger partial charge in [-0.2, -0.15) is 0 Å². The first-order chi connectivity index (χ1) is 16.5. The lowest BCUT2D eigenvalue weighted by Crippen LogP contribution is -2.39. The molecule has 8 nitrogen and oxygen atoms in total. The molecule has 2 heterocycles. The van der Waals surface area contributed by atoms with Crippen molar-refractivity contribution in [1.82, 2.24) is 9.80 Å². The lowest BCUT2D eigenvalue weighted by Gasteiger charge is -2.29. The summed E-state index contributed by atoms with van der Waals surface area (Å²) in [7, 11) is 3.08. The summed E-state index contributed by atoms with van der Waals surface area (Å²) in [5.74, 6) is -0.452. The Labute approximate surface area is 199 Å². The second kappa shape index (κ2) is 10.7. The molecule has 180 valence electrons. The Morgan fingerprint density at radius 2 is 1.76 bits per heavy atom. The monoisotopic (exact) mass is 466 g/mol. The highest BCUT2D eigenvalue weighted by molar-refractivity contribution is 6.46. The van der Waals surface area contributed by atoms with E-state index in [2.05, 4.69) is 4.90 Å². The van der Waals surface area contributed by atoms with Crippen LogP contribution < -0.4 is 9.47 Å². The van der Waals surface area contributed by atoms with Gasteiger partial charge in [-0.1, -0.05) is 30.3 Å². The molecule has 34 heavy (non-hydrogen) atoms. The normalized spacial score (nSPS) is 20.5. The van der Waals surface area contributed by atoms with Crippen LogP contribution >= 0.6 is 0 Å². The van der Waals surface area contributed by atoms with E-state index in [-0.39, 0.29) is 11.3 Å². The molecule has 1 atom stereocenters. The van der Waals surface area contributed by atoms with Crippen molar-refractivity contribution >= 4 is 17.4 Å². The van der Waals surface area contributed by atoms with Gasteiger partial charge in [-0.15, -0.1) is 0 Å². The van der Waals surface area contributed by atoms with Gasteiger partial charge in [0.05, 0.1) is 39.0 Å². The van der Waals surface area contributed by atoms with Gasteiger partial charge in [0.15, 0.2) is 0 Å². The van der Waals surface area contributed by atoms with Crippen molar-refractivity contribution in [3.63, 3.8) is 0 Å². The number of hydrogen-bond donors (Lipinski definition) is 1. The Morgan fingerprint density at radius 3 is 2.44 bits per heavy atom. The van der Waals surface area contributed by atoms with Crippen LogP contribution in [0.5, 0.6) is 11.5 Å². The van der Waals surface area contributed by atoms with Crippen molar-refractivity contribution in [2.24, 2.45) is 0 Å². The molecule has 2 saturated heterocycles. The molecule has 8 heteroatoms. The van der Waals surface area contributed by atoms with E-state index >= 15 is 0 Å². The molecule has 0 unspecified atom stereocenters. The van der Waals surface area contributed by atoms with Crippen LogP contribution in [0.2, 0.25) is 0 Å². The minimum Gasteiger partial charge on any atom is -0.507 e. The van der Waals surface area contributed by atoms with Gasteiger partial charge in [0.2, 0.25) is 0 Å². The maximum absolute atomic E-state index is 13.2. The van der Waals surface area contributed by atoms with Crippen LogP contribution in [0.25, 0.3) is 5.76 Å². The lowest BCUT2D eigenvalue weighted by atomic mass is 9.94. The Morgan fingerprint density at radius 1 is 1.03 bits per heavy atom. The third-order valence-electron chi connectivity index (χ3n) is 6.30. The predicted molar refractivity (Wildman–Crippen MR) is 127 cm³/mol. The molecular formula is C26H30N2O6. The number of ketones is 1. The van der Waals surface area contributed by atoms with E-state index in [0.717, 1.165) is 19.6 Å². The van der Waals surface area contributed by atoms with Crippen LogP contribution in [0.1, 0.15) is 23.6 Å². The highest BCUT2D eigenvalue weighted by Gasteiger charge is 2.46. The Hall–Kier alpha value is -3.36. The van der Waals surface area contributed by atoms with Crippen molar-refractivity contribution < 1.29 is 28.9 Å². The first-order valence-corrected chi connectivity index (χ1v) is 11.4. The molecule has 1 amide bonds. The Kier molecular flexibility index (Phi) is 7.49. The van der Waals surface area contributed by atoms with Crippen LogP contribution in [-0.2, 0) is 14.3 Å². The minimum atomic E-state index is -0.772. The minimum absolute atomic E-state index is 0.0611. The van der Waals surface area contributed by atoms with Crippen LogP contribution in [0.4, 0.5) is 0 Å². The first-order valence-electron chi connectivity index (χ1n) is 11.4. The summed E-state index contributed by atoms with van der Waals surface area (Å²) in [6, 6.07) is 13.3. The summed E-state index contributed by atoms with van der Waals surface area (Å²) in [5, 5.41) is 11.1. The zero-order chi connectivity index (χ0) is 24.1. The fourth-order valence-corrected chi connectivity index (χ4v) is 4.52. The SMILES string of the molecule is COc1ccc([C@H]2C(=C(O)c3ccccc3)C(=O)C(=O)N2CCCN2CCOCC2)c(OC)c1. The van der Waals surface area contributed by atoms with Crippen molar-refractivity contribution in [1.29, 1.82) is 0 Å². The summed E-state index contributed by atoms with van der Waals surface area (Å²) in [5.41, 5.74) is 1.16. The van der Waals surface area contributed by atoms with Crippen LogP contribution in [0.15, 0.2) is 54.1 Å². The van der Waals surface area contributed by atoms with Crippen LogP contribution in [0.3, 0.4) is 0 Å². The van der Waals surface area contributed by atoms with Gasteiger partial charge in [-0.3, -0.25) is 14.5 Å². The van der Waals surface area contributed by atoms with Gasteiger partial charge < -0.3 is 24.2 Å². The van der Waals surface area contributed by atoms with Crippen molar-refractivity contribution in [2.75, 3.05) is 53.6 Å². The molecule has 0 bridgehead atoms. The number of aliphatic hydroxyl groups is 1. The number of carbonyl (C=O) groups is 2. The highest BCUT2D eigenvalue weighted by Crippen LogP contribution is 2.43. The van der Waals surface area contributed by atoms with Gasteiger partial charge >= 0.3 is 0 Å². The second-order valence-corrected chi connectivity index (χ2v) is 8.27. The number of aliphatic hydroxyl groups excluding tert-OH is 1. The molecule has 0 aromatic heterocycles. The summed E-state index contributed by atoms with van der Waals surface area (Å²) < 4.78 is 16.3. The number of ether oxygens (including phenoxy) is 3. The maximum Gasteiger partial charge on any atom is 0.295 e. The van der Waals surface area contributed by atoms with E-state index in [1.807, 2.05) is 6.07 Å². The third-order valence-corrected chi connectivity index (χ3v) is 6.30. The molecule has 0 aliphatic carbocycles. The van der Waals surface area contributed by atoms with E-state index in [9.17, 15) is 14.7 Å². The van der Waals surface area contributed by atoms with Crippen molar-refractivity contribution in [3.05, 3.63) is 65.2 Å². The highest BCUT2D eigenvalue weighted by atomic mass is 16.5. The average Bonchev–Trinajstić information content (AvgIpc) is 3.13. The molecule has 0 radical (unpaired) electrons. The predicted octanol–water partition coefficient (Wildman–Crippen LogP) is 2.85. The Bertz CT molecular complexity index is 1060. The zero-order valence-electron chi connectivity index (χ0n) is 19.5. The molecule has 0 spiro atoms. The largest absolute Gasteiger partial charge is 0.507 e. The van der Waals surface area contributed by atoms with E-state index in [4.69, 9.17) is 14.2 Å². The molecule has 2 aliphatic rings. The molecular weight excluding hydrogens is 436 g/mol. The number of hydrogen-bond acceptors (Lipinski definition) is 7. The van der Waals surface area contributed by atoms with Crippen LogP contribution in [0, 0.1) is 0 Å². The van der Waals surface area contributed by atoms with E-state index < -0.39 is 17.7 Å². The molecule has 4 rings (SSSR count). The number of likely N-dealkylation sites (tertiary alicyclic amines) is 1. The fourth-order valence-electron chi connectivity index (χ4n) is 4.52. The number of benzene rings is 2. The van der Waals surface area contributed by atoms with Gasteiger partial charge in [-0.25, -0.2) is 0 Å². The van der Waals surface area contributed by atoms with Crippen LogP contribution in [-0.4, -0.2) is 80.2 Å².